The molecule has 0 bridgehead atoms. The second kappa shape index (κ2) is 30.1. The zero-order chi connectivity index (χ0) is 37.6. The number of hydrogen-bond donors (Lipinski definition) is 1. The molecule has 1 N–H and O–H groups in total. The summed E-state index contributed by atoms with van der Waals surface area (Å²) in [5.74, 6) is -7.12. The predicted molar refractivity (Wildman–Crippen MR) is 189 cm³/mol. The number of hydrogen-bond acceptors (Lipinski definition) is 12. The number of carbonyl (C=O) groups is 2. The molecule has 0 aromatic rings. The van der Waals surface area contributed by atoms with Gasteiger partial charge in [-0.2, -0.15) is 0 Å². The van der Waals surface area contributed by atoms with Gasteiger partial charge in [0.1, 0.15) is 6.10 Å². The van der Waals surface area contributed by atoms with Crippen molar-refractivity contribution in [1.29, 1.82) is 0 Å². The summed E-state index contributed by atoms with van der Waals surface area (Å²) in [7, 11) is 0. The zero-order valence-corrected chi connectivity index (χ0v) is 32.7. The summed E-state index contributed by atoms with van der Waals surface area (Å²) in [5, 5.41) is 8.87. The Labute approximate surface area is 302 Å². The molecule has 2 unspecified atom stereocenters. The normalized spacial score (nSPS) is 14.1. The SMILES string of the molecule is CCCCCOC(CCOC(OCC)(OCC)C(OCC)(OCCCCC)OC(=O)CCCCCCCC(=O)O)C(OCC)(OCC)OCC. The van der Waals surface area contributed by atoms with Gasteiger partial charge in [-0.25, -0.2) is 0 Å². The Morgan fingerprint density at radius 2 is 0.960 bits per heavy atom. The van der Waals surface area contributed by atoms with Gasteiger partial charge in [0.15, 0.2) is 0 Å². The van der Waals surface area contributed by atoms with E-state index < -0.39 is 36.0 Å². The van der Waals surface area contributed by atoms with Crippen molar-refractivity contribution >= 4 is 11.9 Å². The summed E-state index contributed by atoms with van der Waals surface area (Å²) in [6.07, 6.45) is 8.69. The van der Waals surface area contributed by atoms with Crippen LogP contribution < -0.4 is 0 Å². The van der Waals surface area contributed by atoms with Crippen LogP contribution in [0.2, 0.25) is 0 Å². The quantitative estimate of drug-likeness (QED) is 0.0379. The lowest BCUT2D eigenvalue weighted by molar-refractivity contribution is -0.551. The fourth-order valence-electron chi connectivity index (χ4n) is 5.38. The van der Waals surface area contributed by atoms with Gasteiger partial charge in [-0.1, -0.05) is 58.8 Å². The molecule has 0 fully saturated rings. The Hall–Kier alpha value is -1.42. The fraction of sp³-hybridized carbons (Fsp3) is 0.946. The van der Waals surface area contributed by atoms with Gasteiger partial charge >= 0.3 is 29.9 Å². The molecule has 13 heteroatoms. The van der Waals surface area contributed by atoms with E-state index in [4.69, 9.17) is 52.5 Å². The highest BCUT2D eigenvalue weighted by molar-refractivity contribution is 5.69. The van der Waals surface area contributed by atoms with Crippen LogP contribution in [0.4, 0.5) is 0 Å². The molecule has 0 aliphatic carbocycles. The highest BCUT2D eigenvalue weighted by Gasteiger charge is 2.63. The first-order valence-electron chi connectivity index (χ1n) is 19.3. The number of unbranched alkanes of at least 4 members (excludes halogenated alkanes) is 8. The van der Waals surface area contributed by atoms with Gasteiger partial charge < -0.3 is 52.5 Å². The van der Waals surface area contributed by atoms with E-state index in [1.54, 1.807) is 20.8 Å². The van der Waals surface area contributed by atoms with E-state index in [1.807, 2.05) is 20.8 Å². The molecule has 0 aliphatic rings. The van der Waals surface area contributed by atoms with Crippen molar-refractivity contribution in [3.63, 3.8) is 0 Å². The van der Waals surface area contributed by atoms with Crippen LogP contribution in [0.1, 0.15) is 145 Å². The van der Waals surface area contributed by atoms with Crippen LogP contribution >= 0.6 is 0 Å². The van der Waals surface area contributed by atoms with Gasteiger partial charge in [-0.15, -0.1) is 0 Å². The first kappa shape index (κ1) is 48.6. The molecule has 298 valence electrons. The van der Waals surface area contributed by atoms with Gasteiger partial charge in [-0.05, 0) is 67.2 Å². The van der Waals surface area contributed by atoms with Crippen molar-refractivity contribution in [2.24, 2.45) is 0 Å². The van der Waals surface area contributed by atoms with Crippen LogP contribution in [0, 0.1) is 0 Å². The van der Waals surface area contributed by atoms with Crippen molar-refractivity contribution < 1.29 is 62.1 Å². The zero-order valence-electron chi connectivity index (χ0n) is 32.7. The van der Waals surface area contributed by atoms with Crippen molar-refractivity contribution in [2.75, 3.05) is 59.5 Å². The van der Waals surface area contributed by atoms with Gasteiger partial charge in [0.2, 0.25) is 0 Å². The average Bonchev–Trinajstić information content (AvgIpc) is 3.07. The predicted octanol–water partition coefficient (Wildman–Crippen LogP) is 7.71. The molecule has 0 radical (unpaired) electrons. The maximum atomic E-state index is 13.5. The molecule has 2 atom stereocenters. The maximum Gasteiger partial charge on any atom is 0.416 e. The number of carboxylic acid groups (broad SMARTS) is 1. The standard InChI is InChI=1S/C37H72O13/c1-9-17-24-29-41-32(35(42-11-3,43-12-4)44-13-5)28-31-49-36(45-14-6,46-15-7)37(47-16-8,48-30-25-18-10-2)50-34(40)27-23-21-19-20-22-26-33(38)39/h32H,9-31H2,1-8H3,(H,38,39). The number of ether oxygens (including phenoxy) is 10. The van der Waals surface area contributed by atoms with Crippen molar-refractivity contribution in [2.45, 2.75) is 169 Å². The topological polar surface area (TPSA) is 147 Å². The monoisotopic (exact) mass is 724 g/mol. The third-order valence-electron chi connectivity index (χ3n) is 7.61. The maximum absolute atomic E-state index is 13.5. The van der Waals surface area contributed by atoms with E-state index in [1.165, 1.54) is 0 Å². The van der Waals surface area contributed by atoms with E-state index >= 15 is 0 Å². The third kappa shape index (κ3) is 18.4. The highest BCUT2D eigenvalue weighted by atomic mass is 17.0. The molecule has 0 aromatic heterocycles. The van der Waals surface area contributed by atoms with E-state index in [0.29, 0.717) is 45.7 Å². The smallest absolute Gasteiger partial charge is 0.416 e. The van der Waals surface area contributed by atoms with Crippen LogP contribution in [-0.4, -0.2) is 101 Å². The molecule has 0 amide bonds. The number of carboxylic acids is 1. The minimum Gasteiger partial charge on any atom is -0.481 e. The Balaban J connectivity index is 6.44. The summed E-state index contributed by atoms with van der Waals surface area (Å²) in [6.45, 7) is 17.1. The van der Waals surface area contributed by atoms with Crippen molar-refractivity contribution in [3.05, 3.63) is 0 Å². The molecule has 0 saturated carbocycles. The largest absolute Gasteiger partial charge is 0.481 e. The van der Waals surface area contributed by atoms with Gasteiger partial charge in [-0.3, -0.25) is 9.59 Å². The van der Waals surface area contributed by atoms with E-state index in [0.717, 1.165) is 51.4 Å². The van der Waals surface area contributed by atoms with Gasteiger partial charge in [0.25, 0.3) is 0 Å². The summed E-state index contributed by atoms with van der Waals surface area (Å²) in [5.41, 5.74) is 0. The lowest BCUT2D eigenvalue weighted by atomic mass is 10.1. The van der Waals surface area contributed by atoms with E-state index in [9.17, 15) is 9.59 Å². The number of rotatable bonds is 37. The van der Waals surface area contributed by atoms with E-state index in [-0.39, 0.29) is 52.3 Å². The molecule has 0 aromatic carbocycles. The first-order chi connectivity index (χ1) is 24.2. The van der Waals surface area contributed by atoms with Crippen molar-refractivity contribution in [3.8, 4) is 0 Å². The Morgan fingerprint density at radius 1 is 0.500 bits per heavy atom. The van der Waals surface area contributed by atoms with Crippen LogP contribution in [0.15, 0.2) is 0 Å². The van der Waals surface area contributed by atoms with E-state index in [2.05, 4.69) is 13.8 Å². The molecule has 50 heavy (non-hydrogen) atoms. The Morgan fingerprint density at radius 3 is 1.46 bits per heavy atom. The minimum absolute atomic E-state index is 0.0194. The van der Waals surface area contributed by atoms with Crippen LogP contribution in [0.5, 0.6) is 0 Å². The number of carbonyl (C=O) groups excluding carboxylic acids is 1. The first-order valence-corrected chi connectivity index (χ1v) is 19.3. The lowest BCUT2D eigenvalue weighted by Crippen LogP contribution is -2.65. The molecule has 13 nitrogen and oxygen atoms in total. The number of esters is 1. The van der Waals surface area contributed by atoms with Crippen LogP contribution in [0.3, 0.4) is 0 Å². The molecule has 0 rings (SSSR count). The second-order valence-electron chi connectivity index (χ2n) is 11.7. The second-order valence-corrected chi connectivity index (χ2v) is 11.7. The summed E-state index contributed by atoms with van der Waals surface area (Å²) in [6, 6.07) is 0. The average molecular weight is 725 g/mol. The van der Waals surface area contributed by atoms with Gasteiger partial charge in [0, 0.05) is 58.9 Å². The van der Waals surface area contributed by atoms with Crippen LogP contribution in [0.25, 0.3) is 0 Å². The van der Waals surface area contributed by atoms with Crippen molar-refractivity contribution in [1.82, 2.24) is 0 Å². The van der Waals surface area contributed by atoms with Crippen LogP contribution in [-0.2, 0) is 57.0 Å². The molecular formula is C37H72O13. The third-order valence-corrected chi connectivity index (χ3v) is 7.61. The lowest BCUT2D eigenvalue weighted by Gasteiger charge is -2.45. The number of aliphatic carboxylic acids is 1. The molecule has 0 saturated heterocycles. The minimum atomic E-state index is -2.19. The molecule has 0 heterocycles. The summed E-state index contributed by atoms with van der Waals surface area (Å²) >= 11 is 0. The molecule has 0 aliphatic heterocycles. The Kier molecular flexibility index (Phi) is 29.2. The summed E-state index contributed by atoms with van der Waals surface area (Å²) in [4.78, 5) is 24.3. The molecule has 0 spiro atoms. The highest BCUT2D eigenvalue weighted by Crippen LogP contribution is 2.38. The molecular weight excluding hydrogens is 652 g/mol. The van der Waals surface area contributed by atoms with Gasteiger partial charge in [0.05, 0.1) is 19.8 Å². The summed E-state index contributed by atoms with van der Waals surface area (Å²) < 4.78 is 62.1. The Bertz CT molecular complexity index is 804. The fourth-order valence-corrected chi connectivity index (χ4v) is 5.38.